The number of nitrogens with zero attached hydrogens (tertiary/aromatic N) is 5. The van der Waals surface area contributed by atoms with E-state index in [1.807, 2.05) is 11.8 Å². The van der Waals surface area contributed by atoms with Gasteiger partial charge in [-0.05, 0) is 82.7 Å². The summed E-state index contributed by atoms with van der Waals surface area (Å²) in [4.78, 5) is 41.0. The van der Waals surface area contributed by atoms with Gasteiger partial charge in [-0.1, -0.05) is 6.07 Å². The van der Waals surface area contributed by atoms with Gasteiger partial charge in [0.05, 0.1) is 12.3 Å². The average molecular weight is 662 g/mol. The normalized spacial score (nSPS) is 16.4. The lowest BCUT2D eigenvalue weighted by Crippen LogP contribution is -2.43. The molecule has 1 unspecified atom stereocenters. The molecule has 47 heavy (non-hydrogen) atoms. The fourth-order valence-electron chi connectivity index (χ4n) is 6.14. The molecular formula is C34H40FN7O4S. The molecule has 248 valence electrons. The number of methoxy groups -OCH3 is 1. The molecule has 0 spiro atoms. The van der Waals surface area contributed by atoms with Gasteiger partial charge >= 0.3 is 0 Å². The molecule has 11 nitrogen and oxygen atoms in total. The number of anilines is 3. The molecule has 0 aliphatic carbocycles. The molecule has 2 saturated heterocycles. The van der Waals surface area contributed by atoms with Crippen LogP contribution in [0.5, 0.6) is 0 Å². The van der Waals surface area contributed by atoms with Crippen LogP contribution in [0.25, 0.3) is 22.2 Å². The number of aryl methyl sites for hydroxylation is 1. The Labute approximate surface area is 273 Å². The molecule has 4 aromatic rings. The summed E-state index contributed by atoms with van der Waals surface area (Å²) in [5.74, 6) is 3.86. The van der Waals surface area contributed by atoms with E-state index in [4.69, 9.17) is 4.74 Å². The van der Waals surface area contributed by atoms with Crippen molar-refractivity contribution in [2.75, 3.05) is 69.0 Å². The minimum Gasteiger partial charge on any atom is -0.384 e. The van der Waals surface area contributed by atoms with Gasteiger partial charge in [0.15, 0.2) is 0 Å². The zero-order chi connectivity index (χ0) is 33.1. The molecule has 2 fully saturated rings. The molecule has 2 aliphatic rings. The van der Waals surface area contributed by atoms with E-state index in [1.54, 1.807) is 54.6 Å². The maximum Gasteiger partial charge on any atom is 0.260 e. The number of ether oxygens (including phenoxy) is 1. The minimum atomic E-state index is -2.58. The standard InChI is InChI=1S/C34H40FN7O4S/c1-23-18-26(47(3,45)17-16-46-2)7-8-27(23)28-19-24-21-37-34(38-25-6-9-30(29(35)20-25)40-14-10-36-11-15-40)39-32(24)42(33(28)44)22-31(43)41-12-4-5-13-41/h6-9,18-21,36H,3-5,10-17,22H2,1-2H3,(H,37,38,39). The number of hydrogen-bond acceptors (Lipinski definition) is 9. The molecule has 4 heterocycles. The number of halogens is 1. The number of carbonyl (C=O) groups excluding carboxylic acids is 1. The number of pyridine rings is 1. The van der Waals surface area contributed by atoms with Crippen LogP contribution in [-0.2, 0) is 25.6 Å². The van der Waals surface area contributed by atoms with Crippen molar-refractivity contribution in [1.82, 2.24) is 24.8 Å². The van der Waals surface area contributed by atoms with Gasteiger partial charge in [0.25, 0.3) is 5.56 Å². The molecule has 2 N–H and O–H groups in total. The summed E-state index contributed by atoms with van der Waals surface area (Å²) in [5, 5.41) is 6.90. The molecule has 0 bridgehead atoms. The van der Waals surface area contributed by atoms with Crippen LogP contribution < -0.4 is 21.1 Å². The van der Waals surface area contributed by atoms with Crippen LogP contribution in [-0.4, -0.2) is 94.2 Å². The highest BCUT2D eigenvalue weighted by Crippen LogP contribution is 2.28. The highest BCUT2D eigenvalue weighted by Gasteiger charge is 2.23. The summed E-state index contributed by atoms with van der Waals surface area (Å²) in [5.41, 5.74) is 2.67. The fourth-order valence-corrected chi connectivity index (χ4v) is 7.52. The van der Waals surface area contributed by atoms with Crippen LogP contribution in [0.15, 0.2) is 58.4 Å². The van der Waals surface area contributed by atoms with Crippen molar-refractivity contribution in [2.45, 2.75) is 31.2 Å². The largest absolute Gasteiger partial charge is 0.384 e. The number of fused-ring (bicyclic) bond motifs is 1. The Hall–Kier alpha value is -4.33. The lowest BCUT2D eigenvalue weighted by molar-refractivity contribution is -0.130. The topological polar surface area (TPSA) is 122 Å². The lowest BCUT2D eigenvalue weighted by atomic mass is 10.0. The van der Waals surface area contributed by atoms with Crippen molar-refractivity contribution in [3.05, 3.63) is 70.4 Å². The number of hydrogen-bond donors (Lipinski definition) is 2. The highest BCUT2D eigenvalue weighted by molar-refractivity contribution is 8.00. The number of piperazine rings is 1. The van der Waals surface area contributed by atoms with Crippen LogP contribution in [0.3, 0.4) is 0 Å². The van der Waals surface area contributed by atoms with Crippen LogP contribution in [0, 0.1) is 12.7 Å². The number of likely N-dealkylation sites (tertiary alicyclic amines) is 1. The van der Waals surface area contributed by atoms with E-state index in [0.717, 1.165) is 44.6 Å². The first-order chi connectivity index (χ1) is 22.6. The summed E-state index contributed by atoms with van der Waals surface area (Å²) < 4.78 is 34.8. The lowest BCUT2D eigenvalue weighted by Gasteiger charge is -2.29. The maximum atomic E-state index is 15.1. The molecule has 2 aliphatic heterocycles. The first-order valence-electron chi connectivity index (χ1n) is 15.8. The third kappa shape index (κ3) is 7.02. The third-order valence-electron chi connectivity index (χ3n) is 8.78. The maximum absolute atomic E-state index is 15.1. The van der Waals surface area contributed by atoms with Gasteiger partial charge in [-0.3, -0.25) is 18.4 Å². The van der Waals surface area contributed by atoms with E-state index in [2.05, 4.69) is 26.5 Å². The minimum absolute atomic E-state index is 0.163. The summed E-state index contributed by atoms with van der Waals surface area (Å²) in [6, 6.07) is 11.9. The summed E-state index contributed by atoms with van der Waals surface area (Å²) >= 11 is 0. The van der Waals surface area contributed by atoms with Crippen LogP contribution in [0.2, 0.25) is 0 Å². The van der Waals surface area contributed by atoms with Crippen LogP contribution in [0.1, 0.15) is 18.4 Å². The average Bonchev–Trinajstić information content (AvgIpc) is 3.61. The predicted octanol–water partition coefficient (Wildman–Crippen LogP) is 3.40. The molecule has 2 aromatic heterocycles. The number of amides is 1. The highest BCUT2D eigenvalue weighted by atomic mass is 32.2. The van der Waals surface area contributed by atoms with E-state index >= 15 is 4.39 Å². The van der Waals surface area contributed by atoms with Gasteiger partial charge in [-0.15, -0.1) is 0 Å². The molecule has 2 aromatic carbocycles. The van der Waals surface area contributed by atoms with Crippen molar-refractivity contribution in [2.24, 2.45) is 0 Å². The number of nitrogens with one attached hydrogen (secondary N) is 2. The smallest absolute Gasteiger partial charge is 0.260 e. The van der Waals surface area contributed by atoms with Gasteiger partial charge in [0.2, 0.25) is 11.9 Å². The van der Waals surface area contributed by atoms with Crippen molar-refractivity contribution in [3.63, 3.8) is 0 Å². The van der Waals surface area contributed by atoms with Crippen LogP contribution in [0.4, 0.5) is 21.7 Å². The summed E-state index contributed by atoms with van der Waals surface area (Å²) in [7, 11) is -1.02. The Kier molecular flexibility index (Phi) is 9.57. The third-order valence-corrected chi connectivity index (χ3v) is 10.7. The van der Waals surface area contributed by atoms with Gasteiger partial charge in [-0.25, -0.2) is 9.37 Å². The Balaban J connectivity index is 1.37. The monoisotopic (exact) mass is 661 g/mol. The predicted molar refractivity (Wildman–Crippen MR) is 185 cm³/mol. The molecule has 1 atom stereocenters. The van der Waals surface area contributed by atoms with E-state index in [9.17, 15) is 13.8 Å². The molecule has 6 rings (SSSR count). The Bertz CT molecular complexity index is 1970. The van der Waals surface area contributed by atoms with Crippen molar-refractivity contribution in [1.29, 1.82) is 0 Å². The van der Waals surface area contributed by atoms with Gasteiger partial charge in [0.1, 0.15) is 18.0 Å². The van der Waals surface area contributed by atoms with Crippen LogP contribution >= 0.6 is 0 Å². The summed E-state index contributed by atoms with van der Waals surface area (Å²) in [6.07, 6.45) is 3.44. The van der Waals surface area contributed by atoms with Gasteiger partial charge < -0.3 is 25.2 Å². The van der Waals surface area contributed by atoms with Gasteiger partial charge in [-0.2, -0.15) is 4.98 Å². The number of carbonyl (C=O) groups is 1. The van der Waals surface area contributed by atoms with Crippen molar-refractivity contribution < 1.29 is 18.1 Å². The molecule has 0 saturated carbocycles. The Morgan fingerprint density at radius 1 is 1.09 bits per heavy atom. The first-order valence-corrected chi connectivity index (χ1v) is 17.7. The van der Waals surface area contributed by atoms with E-state index in [0.29, 0.717) is 52.5 Å². The van der Waals surface area contributed by atoms with Crippen molar-refractivity contribution in [3.8, 4) is 11.1 Å². The molecule has 1 amide bonds. The fraction of sp³-hybridized carbons (Fsp3) is 0.382. The second-order valence-corrected chi connectivity index (χ2v) is 14.5. The number of aromatic nitrogens is 3. The molecule has 0 radical (unpaired) electrons. The SMILES string of the molecule is C=S(=O)(CCOC)c1ccc(-c2cc3cnc(Nc4ccc(N5CCNCC5)c(F)c4)nc3n(CC(=O)N3CCCC3)c2=O)c(C)c1. The summed E-state index contributed by atoms with van der Waals surface area (Å²) in [6.45, 7) is 6.32. The van der Waals surface area contributed by atoms with Crippen molar-refractivity contribution >= 4 is 49.7 Å². The first kappa shape index (κ1) is 32.6. The quantitative estimate of drug-likeness (QED) is 0.247. The van der Waals surface area contributed by atoms with Gasteiger partial charge in [0, 0.05) is 79.9 Å². The number of rotatable bonds is 10. The second-order valence-electron chi connectivity index (χ2n) is 12.0. The molecular weight excluding hydrogens is 621 g/mol. The number of benzene rings is 2. The van der Waals surface area contributed by atoms with E-state index < -0.39 is 9.52 Å². The van der Waals surface area contributed by atoms with E-state index in [1.165, 1.54) is 10.6 Å². The second kappa shape index (κ2) is 13.8. The Morgan fingerprint density at radius 3 is 2.55 bits per heavy atom. The Morgan fingerprint density at radius 2 is 1.85 bits per heavy atom. The zero-order valence-electron chi connectivity index (χ0n) is 26.8. The van der Waals surface area contributed by atoms with E-state index in [-0.39, 0.29) is 41.2 Å². The molecule has 13 heteroatoms. The zero-order valence-corrected chi connectivity index (χ0v) is 27.6.